The van der Waals surface area contributed by atoms with Crippen LogP contribution >= 0.6 is 24.4 Å². The quantitative estimate of drug-likeness (QED) is 0.443. The zero-order chi connectivity index (χ0) is 19.6. The van der Waals surface area contributed by atoms with Crippen LogP contribution < -0.4 is 16.4 Å². The molecular formula is C16H20N6O3S2. The van der Waals surface area contributed by atoms with Gasteiger partial charge in [-0.25, -0.2) is 4.98 Å². The number of rotatable bonds is 6. The van der Waals surface area contributed by atoms with Gasteiger partial charge < -0.3 is 26.3 Å². The molecule has 0 aliphatic carbocycles. The third-order valence-corrected chi connectivity index (χ3v) is 5.31. The zero-order valence-electron chi connectivity index (χ0n) is 14.4. The first-order valence-electron chi connectivity index (χ1n) is 8.56. The van der Waals surface area contributed by atoms with Gasteiger partial charge in [0.1, 0.15) is 23.1 Å². The average molecular weight is 409 g/mol. The second kappa shape index (κ2) is 8.09. The summed E-state index contributed by atoms with van der Waals surface area (Å²) >= 11 is 10.4. The van der Waals surface area contributed by atoms with Crippen LogP contribution in [0.25, 0.3) is 0 Å². The van der Waals surface area contributed by atoms with E-state index in [1.807, 2.05) is 0 Å². The van der Waals surface area contributed by atoms with Gasteiger partial charge in [-0.3, -0.25) is 14.4 Å². The molecule has 27 heavy (non-hydrogen) atoms. The molecule has 0 unspecified atom stereocenters. The molecule has 2 aliphatic rings. The highest BCUT2D eigenvalue weighted by Gasteiger charge is 2.39. The topological polar surface area (TPSA) is 133 Å². The molecule has 0 spiro atoms. The van der Waals surface area contributed by atoms with E-state index in [9.17, 15) is 14.4 Å². The smallest absolute Gasteiger partial charge is 0.246 e. The minimum Gasteiger partial charge on any atom is -0.391 e. The summed E-state index contributed by atoms with van der Waals surface area (Å²) in [5.74, 6) is -0.902. The van der Waals surface area contributed by atoms with E-state index in [-0.39, 0.29) is 23.2 Å². The van der Waals surface area contributed by atoms with Gasteiger partial charge in [0, 0.05) is 30.4 Å². The average Bonchev–Trinajstić information content (AvgIpc) is 3.34. The van der Waals surface area contributed by atoms with Gasteiger partial charge in [0.15, 0.2) is 0 Å². The number of carbonyl (C=O) groups excluding carboxylic acids is 3. The Kier molecular flexibility index (Phi) is 5.80. The normalized spacial score (nSPS) is 23.2. The highest BCUT2D eigenvalue weighted by Crippen LogP contribution is 2.18. The number of hydrogen-bond acceptors (Lipinski definition) is 6. The standard InChI is InChI=1S/C16H20N6O3S2/c17-14(27)13-11(26)3-4-22(13)16(25)10(5-8-6-18-7-19-8)21-15(24)9-1-2-12(23)20-9/h6-7,9-10,13H,1-5H2,(H2,17,27)(H,18,19)(H,20,23)(H,21,24)/t9-,10-,13-/m0/s1. The Morgan fingerprint density at radius 1 is 1.44 bits per heavy atom. The summed E-state index contributed by atoms with van der Waals surface area (Å²) < 4.78 is 0. The molecule has 0 bridgehead atoms. The molecule has 9 nitrogen and oxygen atoms in total. The Morgan fingerprint density at radius 3 is 2.81 bits per heavy atom. The van der Waals surface area contributed by atoms with Crippen LogP contribution in [-0.2, 0) is 20.8 Å². The molecule has 11 heteroatoms. The highest BCUT2D eigenvalue weighted by molar-refractivity contribution is 7.82. The van der Waals surface area contributed by atoms with Gasteiger partial charge in [0.2, 0.25) is 17.7 Å². The van der Waals surface area contributed by atoms with Crippen molar-refractivity contribution in [2.24, 2.45) is 5.73 Å². The number of aromatic nitrogens is 2. The number of amides is 3. The fraction of sp³-hybridized carbons (Fsp3) is 0.500. The largest absolute Gasteiger partial charge is 0.391 e. The molecule has 2 fully saturated rings. The molecule has 2 saturated heterocycles. The monoisotopic (exact) mass is 408 g/mol. The van der Waals surface area contributed by atoms with Gasteiger partial charge >= 0.3 is 0 Å². The van der Waals surface area contributed by atoms with E-state index in [4.69, 9.17) is 30.2 Å². The van der Waals surface area contributed by atoms with E-state index in [2.05, 4.69) is 20.6 Å². The third kappa shape index (κ3) is 4.30. The fourth-order valence-corrected chi connectivity index (χ4v) is 4.00. The molecule has 5 N–H and O–H groups in total. The summed E-state index contributed by atoms with van der Waals surface area (Å²) in [4.78, 5) is 46.3. The van der Waals surface area contributed by atoms with Gasteiger partial charge in [-0.05, 0) is 12.8 Å². The minimum atomic E-state index is -0.865. The van der Waals surface area contributed by atoms with Crippen molar-refractivity contribution in [1.82, 2.24) is 25.5 Å². The molecule has 1 aromatic rings. The van der Waals surface area contributed by atoms with Crippen LogP contribution in [0.4, 0.5) is 0 Å². The van der Waals surface area contributed by atoms with E-state index in [0.717, 1.165) is 0 Å². The summed E-state index contributed by atoms with van der Waals surface area (Å²) in [6.07, 6.45) is 4.58. The van der Waals surface area contributed by atoms with Gasteiger partial charge in [-0.1, -0.05) is 24.4 Å². The van der Waals surface area contributed by atoms with Crippen molar-refractivity contribution in [3.63, 3.8) is 0 Å². The summed E-state index contributed by atoms with van der Waals surface area (Å²) in [6, 6.07) is -2.10. The van der Waals surface area contributed by atoms with Crippen molar-refractivity contribution in [3.05, 3.63) is 18.2 Å². The first-order valence-corrected chi connectivity index (χ1v) is 9.38. The number of imidazole rings is 1. The maximum atomic E-state index is 13.2. The van der Waals surface area contributed by atoms with Gasteiger partial charge in [0.25, 0.3) is 0 Å². The Morgan fingerprint density at radius 2 is 2.22 bits per heavy atom. The molecule has 3 heterocycles. The van der Waals surface area contributed by atoms with Crippen LogP contribution in [0.2, 0.25) is 0 Å². The van der Waals surface area contributed by atoms with Crippen LogP contribution in [0.5, 0.6) is 0 Å². The Labute approximate surface area is 166 Å². The molecule has 0 saturated carbocycles. The maximum absolute atomic E-state index is 13.2. The number of nitrogens with two attached hydrogens (primary N) is 1. The molecule has 1 aromatic heterocycles. The van der Waals surface area contributed by atoms with Crippen molar-refractivity contribution in [2.75, 3.05) is 6.54 Å². The first kappa shape index (κ1) is 19.4. The van der Waals surface area contributed by atoms with Crippen LogP contribution in [0.1, 0.15) is 25.0 Å². The van der Waals surface area contributed by atoms with Crippen LogP contribution in [0.3, 0.4) is 0 Å². The second-order valence-corrected chi connectivity index (χ2v) is 7.53. The SMILES string of the molecule is NC(=S)[C@@H]1C(=S)CCN1C(=O)[C@H](Cc1c[nH]cn1)NC(=O)[C@@H]1CCC(=O)N1. The zero-order valence-corrected chi connectivity index (χ0v) is 16.1. The molecule has 3 rings (SSSR count). The molecule has 144 valence electrons. The maximum Gasteiger partial charge on any atom is 0.246 e. The number of likely N-dealkylation sites (tertiary alicyclic amines) is 1. The minimum absolute atomic E-state index is 0.138. The number of nitrogens with one attached hydrogen (secondary N) is 3. The number of nitrogens with zero attached hydrogens (tertiary/aromatic N) is 2. The van der Waals surface area contributed by atoms with E-state index in [1.165, 1.54) is 11.2 Å². The van der Waals surface area contributed by atoms with Crippen molar-refractivity contribution in [1.29, 1.82) is 0 Å². The summed E-state index contributed by atoms with van der Waals surface area (Å²) in [7, 11) is 0. The molecule has 3 amide bonds. The number of carbonyl (C=O) groups is 3. The molecule has 2 aliphatic heterocycles. The third-order valence-electron chi connectivity index (χ3n) is 4.66. The Bertz CT molecular complexity index is 781. The predicted octanol–water partition coefficient (Wildman–Crippen LogP) is -1.03. The molecule has 0 radical (unpaired) electrons. The lowest BCUT2D eigenvalue weighted by Crippen LogP contribution is -2.56. The van der Waals surface area contributed by atoms with E-state index >= 15 is 0 Å². The molecular weight excluding hydrogens is 388 g/mol. The lowest BCUT2D eigenvalue weighted by molar-refractivity contribution is -0.136. The van der Waals surface area contributed by atoms with Crippen molar-refractivity contribution in [2.45, 2.75) is 43.8 Å². The van der Waals surface area contributed by atoms with Gasteiger partial charge in [-0.2, -0.15) is 0 Å². The Hall–Kier alpha value is -2.40. The summed E-state index contributed by atoms with van der Waals surface area (Å²) in [6.45, 7) is 0.396. The van der Waals surface area contributed by atoms with Crippen molar-refractivity contribution >= 4 is 52.0 Å². The number of hydrogen-bond donors (Lipinski definition) is 4. The number of thiocarbonyl (C=S) groups is 2. The second-order valence-electron chi connectivity index (χ2n) is 6.54. The van der Waals surface area contributed by atoms with E-state index in [1.54, 1.807) is 6.20 Å². The van der Waals surface area contributed by atoms with Crippen molar-refractivity contribution < 1.29 is 14.4 Å². The lowest BCUT2D eigenvalue weighted by atomic mass is 10.1. The summed E-state index contributed by atoms with van der Waals surface area (Å²) in [5, 5.41) is 5.34. The first-order chi connectivity index (χ1) is 12.9. The van der Waals surface area contributed by atoms with Crippen LogP contribution in [0.15, 0.2) is 12.5 Å². The number of aromatic amines is 1. The summed E-state index contributed by atoms with van der Waals surface area (Å²) in [5.41, 5.74) is 6.39. The molecule has 3 atom stereocenters. The van der Waals surface area contributed by atoms with E-state index < -0.39 is 24.0 Å². The van der Waals surface area contributed by atoms with Crippen LogP contribution in [-0.4, -0.2) is 67.1 Å². The van der Waals surface area contributed by atoms with E-state index in [0.29, 0.717) is 36.4 Å². The highest BCUT2D eigenvalue weighted by atomic mass is 32.1. The van der Waals surface area contributed by atoms with Gasteiger partial charge in [0.05, 0.1) is 12.0 Å². The molecule has 0 aromatic carbocycles. The predicted molar refractivity (Wildman–Crippen MR) is 105 cm³/mol. The number of H-pyrrole nitrogens is 1. The van der Waals surface area contributed by atoms with Gasteiger partial charge in [-0.15, -0.1) is 0 Å². The Balaban J connectivity index is 1.77. The van der Waals surface area contributed by atoms with Crippen LogP contribution in [0, 0.1) is 0 Å². The fourth-order valence-electron chi connectivity index (χ4n) is 3.31. The lowest BCUT2D eigenvalue weighted by Gasteiger charge is -2.29. The van der Waals surface area contributed by atoms with Crippen molar-refractivity contribution in [3.8, 4) is 0 Å².